The predicted molar refractivity (Wildman–Crippen MR) is 68.0 cm³/mol. The van der Waals surface area contributed by atoms with Crippen LogP contribution >= 0.6 is 11.6 Å². The van der Waals surface area contributed by atoms with Crippen molar-refractivity contribution < 1.29 is 9.66 Å². The number of aromatic nitrogens is 2. The molecule has 0 radical (unpaired) electrons. The smallest absolute Gasteiger partial charge is 0.352 e. The van der Waals surface area contributed by atoms with Gasteiger partial charge in [-0.25, -0.2) is 4.98 Å². The van der Waals surface area contributed by atoms with Gasteiger partial charge in [-0.1, -0.05) is 20.3 Å². The third-order valence-electron chi connectivity index (χ3n) is 2.47. The first-order valence-corrected chi connectivity index (χ1v) is 6.14. The van der Waals surface area contributed by atoms with Gasteiger partial charge >= 0.3 is 5.69 Å². The number of halogens is 1. The van der Waals surface area contributed by atoms with E-state index >= 15 is 0 Å². The lowest BCUT2D eigenvalue weighted by Crippen LogP contribution is -2.11. The first-order chi connectivity index (χ1) is 8.45. The van der Waals surface area contributed by atoms with Crippen LogP contribution in [-0.2, 0) is 0 Å². The van der Waals surface area contributed by atoms with Crippen LogP contribution in [0.25, 0.3) is 0 Å². The molecule has 1 heterocycles. The van der Waals surface area contributed by atoms with Crippen LogP contribution in [0.1, 0.15) is 32.4 Å². The lowest BCUT2D eigenvalue weighted by molar-refractivity contribution is -0.387. The molecular formula is C11H16ClN3O3. The van der Waals surface area contributed by atoms with Gasteiger partial charge in [-0.3, -0.25) is 10.1 Å². The molecule has 18 heavy (non-hydrogen) atoms. The van der Waals surface area contributed by atoms with Crippen molar-refractivity contribution in [2.24, 2.45) is 5.92 Å². The minimum Gasteiger partial charge on any atom is -0.472 e. The van der Waals surface area contributed by atoms with Gasteiger partial charge in [0, 0.05) is 0 Å². The topological polar surface area (TPSA) is 78.2 Å². The Bertz CT molecular complexity index is 440. The van der Waals surface area contributed by atoms with E-state index in [0.29, 0.717) is 12.5 Å². The maximum Gasteiger partial charge on any atom is 0.352 e. The monoisotopic (exact) mass is 273 g/mol. The zero-order chi connectivity index (χ0) is 13.7. The minimum absolute atomic E-state index is 0.0451. The quantitative estimate of drug-likeness (QED) is 0.452. The summed E-state index contributed by atoms with van der Waals surface area (Å²) in [6, 6.07) is 0. The molecule has 0 fully saturated rings. The molecule has 0 saturated carbocycles. The molecule has 7 heteroatoms. The van der Waals surface area contributed by atoms with E-state index < -0.39 is 4.92 Å². The Morgan fingerprint density at radius 3 is 2.72 bits per heavy atom. The van der Waals surface area contributed by atoms with Crippen LogP contribution in [0.3, 0.4) is 0 Å². The second-order valence-electron chi connectivity index (χ2n) is 4.19. The van der Waals surface area contributed by atoms with Gasteiger partial charge in [-0.2, -0.15) is 4.98 Å². The fraction of sp³-hybridized carbons (Fsp3) is 0.636. The van der Waals surface area contributed by atoms with Crippen LogP contribution in [0.2, 0.25) is 5.28 Å². The second-order valence-corrected chi connectivity index (χ2v) is 4.53. The van der Waals surface area contributed by atoms with Crippen LogP contribution in [0, 0.1) is 23.0 Å². The van der Waals surface area contributed by atoms with Crippen molar-refractivity contribution in [1.82, 2.24) is 9.97 Å². The largest absolute Gasteiger partial charge is 0.472 e. The van der Waals surface area contributed by atoms with E-state index in [-0.39, 0.29) is 22.5 Å². The SMILES string of the molecule is CCCC(C)COc1nc(Cl)nc(C)c1[N+](=O)[O-]. The maximum atomic E-state index is 10.9. The zero-order valence-electron chi connectivity index (χ0n) is 10.6. The summed E-state index contributed by atoms with van der Waals surface area (Å²) in [6.45, 7) is 5.98. The van der Waals surface area contributed by atoms with Crippen molar-refractivity contribution in [2.45, 2.75) is 33.6 Å². The molecule has 100 valence electrons. The van der Waals surface area contributed by atoms with E-state index in [2.05, 4.69) is 16.9 Å². The molecule has 0 bridgehead atoms. The standard InChI is InChI=1S/C11H16ClN3O3/c1-4-5-7(2)6-18-10-9(15(16)17)8(3)13-11(12)14-10/h7H,4-6H2,1-3H3. The first-order valence-electron chi connectivity index (χ1n) is 5.77. The molecular weight excluding hydrogens is 258 g/mol. The maximum absolute atomic E-state index is 10.9. The van der Waals surface area contributed by atoms with Gasteiger partial charge in [0.25, 0.3) is 5.88 Å². The summed E-state index contributed by atoms with van der Waals surface area (Å²) < 4.78 is 5.40. The number of ether oxygens (including phenoxy) is 1. The normalized spacial score (nSPS) is 12.2. The molecule has 0 aliphatic carbocycles. The highest BCUT2D eigenvalue weighted by molar-refractivity contribution is 6.28. The van der Waals surface area contributed by atoms with Crippen molar-refractivity contribution in [3.05, 3.63) is 21.1 Å². The summed E-state index contributed by atoms with van der Waals surface area (Å²) in [7, 11) is 0. The summed E-state index contributed by atoms with van der Waals surface area (Å²) >= 11 is 5.68. The average molecular weight is 274 g/mol. The molecule has 1 aromatic rings. The van der Waals surface area contributed by atoms with E-state index in [1.54, 1.807) is 0 Å². The van der Waals surface area contributed by atoms with Crippen molar-refractivity contribution in [2.75, 3.05) is 6.61 Å². The molecule has 0 aliphatic rings. The van der Waals surface area contributed by atoms with E-state index in [9.17, 15) is 10.1 Å². The molecule has 0 N–H and O–H groups in total. The number of hydrogen-bond acceptors (Lipinski definition) is 5. The van der Waals surface area contributed by atoms with Gasteiger partial charge in [0.1, 0.15) is 5.69 Å². The van der Waals surface area contributed by atoms with Crippen LogP contribution in [0.5, 0.6) is 5.88 Å². The van der Waals surface area contributed by atoms with Gasteiger partial charge in [0.2, 0.25) is 5.28 Å². The molecule has 1 unspecified atom stereocenters. The lowest BCUT2D eigenvalue weighted by Gasteiger charge is -2.11. The average Bonchev–Trinajstić information content (AvgIpc) is 2.25. The highest BCUT2D eigenvalue weighted by Gasteiger charge is 2.23. The summed E-state index contributed by atoms with van der Waals surface area (Å²) in [4.78, 5) is 17.9. The predicted octanol–water partition coefficient (Wildman–Crippen LogP) is 3.16. The van der Waals surface area contributed by atoms with Crippen molar-refractivity contribution >= 4 is 17.3 Å². The number of nitro groups is 1. The molecule has 0 spiro atoms. The highest BCUT2D eigenvalue weighted by atomic mass is 35.5. The third-order valence-corrected chi connectivity index (χ3v) is 2.64. The molecule has 0 aromatic carbocycles. The summed E-state index contributed by atoms with van der Waals surface area (Å²) in [6.07, 6.45) is 2.03. The molecule has 0 amide bonds. The summed E-state index contributed by atoms with van der Waals surface area (Å²) in [5, 5.41) is 10.9. The highest BCUT2D eigenvalue weighted by Crippen LogP contribution is 2.29. The Balaban J connectivity index is 2.90. The molecule has 6 nitrogen and oxygen atoms in total. The van der Waals surface area contributed by atoms with Gasteiger partial charge < -0.3 is 4.74 Å². The Hall–Kier alpha value is -1.43. The van der Waals surface area contributed by atoms with E-state index in [0.717, 1.165) is 12.8 Å². The van der Waals surface area contributed by atoms with Gasteiger partial charge in [0.15, 0.2) is 0 Å². The second kappa shape index (κ2) is 6.49. The van der Waals surface area contributed by atoms with Crippen molar-refractivity contribution in [3.63, 3.8) is 0 Å². The minimum atomic E-state index is -0.550. The molecule has 0 saturated heterocycles. The molecule has 1 aromatic heterocycles. The van der Waals surface area contributed by atoms with Crippen molar-refractivity contribution in [1.29, 1.82) is 0 Å². The van der Waals surface area contributed by atoms with Gasteiger partial charge in [-0.15, -0.1) is 0 Å². The molecule has 1 rings (SSSR count). The third kappa shape index (κ3) is 3.80. The van der Waals surface area contributed by atoms with Crippen LogP contribution in [0.15, 0.2) is 0 Å². The first kappa shape index (κ1) is 14.6. The zero-order valence-corrected chi connectivity index (χ0v) is 11.4. The van der Waals surface area contributed by atoms with Gasteiger partial charge in [-0.05, 0) is 30.9 Å². The number of hydrogen-bond donors (Lipinski definition) is 0. The number of nitrogens with zero attached hydrogens (tertiary/aromatic N) is 3. The molecule has 0 aliphatic heterocycles. The number of aryl methyl sites for hydroxylation is 1. The van der Waals surface area contributed by atoms with E-state index in [1.807, 2.05) is 6.92 Å². The fourth-order valence-corrected chi connectivity index (χ4v) is 1.82. The van der Waals surface area contributed by atoms with E-state index in [4.69, 9.17) is 16.3 Å². The van der Waals surface area contributed by atoms with Gasteiger partial charge in [0.05, 0.1) is 11.5 Å². The Kier molecular flexibility index (Phi) is 5.27. The van der Waals surface area contributed by atoms with Crippen LogP contribution in [0.4, 0.5) is 5.69 Å². The van der Waals surface area contributed by atoms with Crippen molar-refractivity contribution in [3.8, 4) is 5.88 Å². The summed E-state index contributed by atoms with van der Waals surface area (Å²) in [5.41, 5.74) is -0.0127. The fourth-order valence-electron chi connectivity index (χ4n) is 1.62. The Morgan fingerprint density at radius 2 is 2.17 bits per heavy atom. The Labute approximate surface area is 110 Å². The number of rotatable bonds is 6. The van der Waals surface area contributed by atoms with E-state index in [1.165, 1.54) is 6.92 Å². The summed E-state index contributed by atoms with van der Waals surface area (Å²) in [5.74, 6) is 0.254. The molecule has 1 atom stereocenters. The Morgan fingerprint density at radius 1 is 1.50 bits per heavy atom. The van der Waals surface area contributed by atoms with Crippen LogP contribution < -0.4 is 4.74 Å². The van der Waals surface area contributed by atoms with Crippen LogP contribution in [-0.4, -0.2) is 21.5 Å². The lowest BCUT2D eigenvalue weighted by atomic mass is 10.1.